The molecule has 3 rings (SSSR count). The van der Waals surface area contributed by atoms with Crippen molar-refractivity contribution in [3.8, 4) is 16.3 Å². The summed E-state index contributed by atoms with van der Waals surface area (Å²) in [5, 5.41) is 2.86. The van der Waals surface area contributed by atoms with Gasteiger partial charge in [0.25, 0.3) is 0 Å². The van der Waals surface area contributed by atoms with Gasteiger partial charge in [0.05, 0.1) is 30.1 Å². The summed E-state index contributed by atoms with van der Waals surface area (Å²) in [6.07, 6.45) is 0.305. The number of methoxy groups -OCH3 is 1. The quantitative estimate of drug-likeness (QED) is 0.546. The number of likely N-dealkylation sites (N-methyl/N-ethyl adjacent to an activating group) is 1. The van der Waals surface area contributed by atoms with E-state index in [9.17, 15) is 4.79 Å². The highest BCUT2D eigenvalue weighted by Gasteiger charge is 2.16. The molecule has 0 saturated carbocycles. The summed E-state index contributed by atoms with van der Waals surface area (Å²) in [5.41, 5.74) is 1.82. The van der Waals surface area contributed by atoms with Crippen molar-refractivity contribution >= 4 is 40.2 Å². The SMILES string of the molecule is CCN(Cc1ccc(Cl)s1)C(=O)Cc1csc(-c2ccc(OC)cc2)n1. The highest BCUT2D eigenvalue weighted by Crippen LogP contribution is 2.26. The molecular formula is C19H19ClN2O2S2. The number of halogens is 1. The number of rotatable bonds is 7. The van der Waals surface area contributed by atoms with Crippen molar-refractivity contribution in [2.24, 2.45) is 0 Å². The summed E-state index contributed by atoms with van der Waals surface area (Å²) in [6, 6.07) is 11.6. The Kier molecular flexibility index (Phi) is 6.29. The van der Waals surface area contributed by atoms with E-state index in [0.29, 0.717) is 19.5 Å². The van der Waals surface area contributed by atoms with Gasteiger partial charge >= 0.3 is 0 Å². The normalized spacial score (nSPS) is 10.7. The first-order chi connectivity index (χ1) is 12.6. The van der Waals surface area contributed by atoms with Crippen LogP contribution in [0.4, 0.5) is 0 Å². The van der Waals surface area contributed by atoms with Gasteiger partial charge in [0.15, 0.2) is 0 Å². The van der Waals surface area contributed by atoms with E-state index in [1.165, 1.54) is 11.3 Å². The van der Waals surface area contributed by atoms with Gasteiger partial charge in [-0.1, -0.05) is 11.6 Å². The van der Waals surface area contributed by atoms with E-state index in [4.69, 9.17) is 16.3 Å². The van der Waals surface area contributed by atoms with Gasteiger partial charge in [0.1, 0.15) is 10.8 Å². The van der Waals surface area contributed by atoms with Gasteiger partial charge in [0.2, 0.25) is 5.91 Å². The van der Waals surface area contributed by atoms with Crippen molar-refractivity contribution in [2.45, 2.75) is 19.9 Å². The molecule has 0 fully saturated rings. The Morgan fingerprint density at radius 3 is 2.62 bits per heavy atom. The Morgan fingerprint density at radius 2 is 2.00 bits per heavy atom. The molecule has 7 heteroatoms. The number of carbonyl (C=O) groups excluding carboxylic acids is 1. The average Bonchev–Trinajstić information content (AvgIpc) is 3.28. The van der Waals surface area contributed by atoms with Gasteiger partial charge in [-0.25, -0.2) is 4.98 Å². The fourth-order valence-electron chi connectivity index (χ4n) is 2.52. The maximum absolute atomic E-state index is 12.6. The van der Waals surface area contributed by atoms with E-state index in [1.54, 1.807) is 18.4 Å². The van der Waals surface area contributed by atoms with Crippen molar-refractivity contribution in [3.05, 3.63) is 56.7 Å². The van der Waals surface area contributed by atoms with E-state index in [2.05, 4.69) is 4.98 Å². The van der Waals surface area contributed by atoms with E-state index in [-0.39, 0.29) is 5.91 Å². The molecular weight excluding hydrogens is 388 g/mol. The Morgan fingerprint density at radius 1 is 1.23 bits per heavy atom. The molecule has 26 heavy (non-hydrogen) atoms. The van der Waals surface area contributed by atoms with E-state index < -0.39 is 0 Å². The van der Waals surface area contributed by atoms with Crippen LogP contribution in [0.1, 0.15) is 17.5 Å². The fourth-order valence-corrected chi connectivity index (χ4v) is 4.45. The molecule has 0 aliphatic carbocycles. The number of carbonyl (C=O) groups is 1. The number of amides is 1. The average molecular weight is 407 g/mol. The molecule has 3 aromatic rings. The lowest BCUT2D eigenvalue weighted by molar-refractivity contribution is -0.130. The van der Waals surface area contributed by atoms with E-state index in [1.807, 2.05) is 53.6 Å². The van der Waals surface area contributed by atoms with Gasteiger partial charge < -0.3 is 9.64 Å². The van der Waals surface area contributed by atoms with Crippen molar-refractivity contribution in [3.63, 3.8) is 0 Å². The topological polar surface area (TPSA) is 42.4 Å². The van der Waals surface area contributed by atoms with Crippen LogP contribution in [0.2, 0.25) is 4.34 Å². The zero-order valence-corrected chi connectivity index (χ0v) is 17.0. The summed E-state index contributed by atoms with van der Waals surface area (Å²) in [7, 11) is 1.64. The van der Waals surface area contributed by atoms with Crippen LogP contribution in [-0.2, 0) is 17.8 Å². The number of nitrogens with zero attached hydrogens (tertiary/aromatic N) is 2. The second-order valence-corrected chi connectivity index (χ2v) is 8.32. The molecule has 1 amide bonds. The first-order valence-electron chi connectivity index (χ1n) is 8.20. The third-order valence-corrected chi connectivity index (χ3v) is 6.09. The lowest BCUT2D eigenvalue weighted by Gasteiger charge is -2.19. The molecule has 0 N–H and O–H groups in total. The minimum atomic E-state index is 0.0728. The van der Waals surface area contributed by atoms with Crippen LogP contribution >= 0.6 is 34.3 Å². The molecule has 0 bridgehead atoms. The summed E-state index contributed by atoms with van der Waals surface area (Å²) in [4.78, 5) is 20.2. The molecule has 0 atom stereocenters. The van der Waals surface area contributed by atoms with Gasteiger partial charge in [-0.2, -0.15) is 0 Å². The molecule has 0 spiro atoms. The second-order valence-electron chi connectivity index (χ2n) is 5.66. The fraction of sp³-hybridized carbons (Fsp3) is 0.263. The predicted molar refractivity (Wildman–Crippen MR) is 108 cm³/mol. The lowest BCUT2D eigenvalue weighted by Crippen LogP contribution is -2.31. The van der Waals surface area contributed by atoms with Crippen LogP contribution in [0.3, 0.4) is 0 Å². The predicted octanol–water partition coefficient (Wildman–Crippen LogP) is 5.12. The molecule has 0 aliphatic heterocycles. The first kappa shape index (κ1) is 18.9. The number of thiazole rings is 1. The Labute approximate surface area is 166 Å². The Balaban J connectivity index is 1.65. The molecule has 0 radical (unpaired) electrons. The summed E-state index contributed by atoms with van der Waals surface area (Å²) >= 11 is 9.03. The van der Waals surface area contributed by atoms with Gasteiger partial charge in [-0.3, -0.25) is 4.79 Å². The molecule has 0 aliphatic rings. The second kappa shape index (κ2) is 8.66. The zero-order valence-electron chi connectivity index (χ0n) is 14.6. The van der Waals surface area contributed by atoms with E-state index >= 15 is 0 Å². The van der Waals surface area contributed by atoms with Crippen LogP contribution in [0.5, 0.6) is 5.75 Å². The summed E-state index contributed by atoms with van der Waals surface area (Å²) in [6.45, 7) is 3.23. The van der Waals surface area contributed by atoms with Crippen LogP contribution in [0.25, 0.3) is 10.6 Å². The standard InChI is InChI=1S/C19H19ClN2O2S2/c1-3-22(11-16-8-9-17(20)26-16)18(23)10-14-12-25-19(21-14)13-4-6-15(24-2)7-5-13/h4-9,12H,3,10-11H2,1-2H3. The van der Waals surface area contributed by atoms with Crippen molar-refractivity contribution in [1.29, 1.82) is 0 Å². The van der Waals surface area contributed by atoms with Gasteiger partial charge in [0, 0.05) is 22.4 Å². The molecule has 4 nitrogen and oxygen atoms in total. The largest absolute Gasteiger partial charge is 0.497 e. The van der Waals surface area contributed by atoms with Crippen LogP contribution in [0, 0.1) is 0 Å². The van der Waals surface area contributed by atoms with Crippen molar-refractivity contribution in [1.82, 2.24) is 9.88 Å². The molecule has 2 aromatic heterocycles. The maximum atomic E-state index is 12.6. The number of aromatic nitrogens is 1. The van der Waals surface area contributed by atoms with Crippen molar-refractivity contribution < 1.29 is 9.53 Å². The van der Waals surface area contributed by atoms with Crippen LogP contribution in [-0.4, -0.2) is 29.4 Å². The molecule has 0 unspecified atom stereocenters. The first-order valence-corrected chi connectivity index (χ1v) is 10.3. The summed E-state index contributed by atoms with van der Waals surface area (Å²) < 4.78 is 5.92. The Hall–Kier alpha value is -1.89. The maximum Gasteiger partial charge on any atom is 0.228 e. The smallest absolute Gasteiger partial charge is 0.228 e. The van der Waals surface area contributed by atoms with Gasteiger partial charge in [-0.05, 0) is 43.3 Å². The molecule has 1 aromatic carbocycles. The van der Waals surface area contributed by atoms with Gasteiger partial charge in [-0.15, -0.1) is 22.7 Å². The van der Waals surface area contributed by atoms with Crippen molar-refractivity contribution in [2.75, 3.05) is 13.7 Å². The van der Waals surface area contributed by atoms with E-state index in [0.717, 1.165) is 31.2 Å². The lowest BCUT2D eigenvalue weighted by atomic mass is 10.2. The van der Waals surface area contributed by atoms with Crippen LogP contribution in [0.15, 0.2) is 41.8 Å². The monoisotopic (exact) mass is 406 g/mol. The molecule has 2 heterocycles. The highest BCUT2D eigenvalue weighted by atomic mass is 35.5. The Bertz CT molecular complexity index is 874. The highest BCUT2D eigenvalue weighted by molar-refractivity contribution is 7.16. The minimum absolute atomic E-state index is 0.0728. The minimum Gasteiger partial charge on any atom is -0.497 e. The number of ether oxygens (including phenoxy) is 1. The number of hydrogen-bond donors (Lipinski definition) is 0. The third-order valence-electron chi connectivity index (χ3n) is 3.93. The third kappa shape index (κ3) is 4.63. The molecule has 0 saturated heterocycles. The molecule has 136 valence electrons. The number of hydrogen-bond acceptors (Lipinski definition) is 5. The number of thiophene rings is 1. The summed E-state index contributed by atoms with van der Waals surface area (Å²) in [5.74, 6) is 0.886. The number of benzene rings is 1. The zero-order chi connectivity index (χ0) is 18.5. The van der Waals surface area contributed by atoms with Crippen LogP contribution < -0.4 is 4.74 Å².